The zero-order valence-electron chi connectivity index (χ0n) is 11.5. The number of hydrogen-bond donors (Lipinski definition) is 2. The molecule has 1 aliphatic rings. The van der Waals surface area contributed by atoms with E-state index in [4.69, 9.17) is 11.6 Å². The molecule has 0 aliphatic carbocycles. The Labute approximate surface area is 126 Å². The third-order valence-corrected chi connectivity index (χ3v) is 4.28. The quantitative estimate of drug-likeness (QED) is 0.900. The number of likely N-dealkylation sites (tertiary alicyclic amines) is 1. The molecule has 1 aromatic carbocycles. The maximum absolute atomic E-state index is 13.6. The number of carboxylic acid groups (broad SMARTS) is 1. The second kappa shape index (κ2) is 5.89. The van der Waals surface area contributed by atoms with Crippen molar-refractivity contribution in [3.63, 3.8) is 0 Å². The van der Waals surface area contributed by atoms with Crippen LogP contribution >= 0.6 is 11.6 Å². The minimum atomic E-state index is -0.920. The van der Waals surface area contributed by atoms with Crippen LogP contribution in [0.3, 0.4) is 0 Å². The fourth-order valence-electron chi connectivity index (χ4n) is 2.46. The maximum atomic E-state index is 13.6. The van der Waals surface area contributed by atoms with Crippen LogP contribution in [0.5, 0.6) is 0 Å². The molecular weight excluding hydrogens is 299 g/mol. The molecule has 0 bridgehead atoms. The molecule has 0 spiro atoms. The molecule has 1 fully saturated rings. The summed E-state index contributed by atoms with van der Waals surface area (Å²) in [5, 5.41) is 11.8. The van der Waals surface area contributed by atoms with Crippen LogP contribution in [-0.2, 0) is 4.79 Å². The van der Waals surface area contributed by atoms with E-state index in [1.165, 1.54) is 23.1 Å². The number of aliphatic carboxylic acids is 1. The van der Waals surface area contributed by atoms with E-state index in [2.05, 4.69) is 5.32 Å². The van der Waals surface area contributed by atoms with Gasteiger partial charge >= 0.3 is 12.0 Å². The summed E-state index contributed by atoms with van der Waals surface area (Å²) in [5.41, 5.74) is -1.01. The van der Waals surface area contributed by atoms with Crippen LogP contribution in [0.4, 0.5) is 14.9 Å². The van der Waals surface area contributed by atoms with Gasteiger partial charge in [-0.05, 0) is 25.0 Å². The first-order valence-corrected chi connectivity index (χ1v) is 7.01. The second-order valence-corrected chi connectivity index (χ2v) is 5.54. The van der Waals surface area contributed by atoms with E-state index in [1.807, 2.05) is 0 Å². The zero-order chi connectivity index (χ0) is 15.6. The van der Waals surface area contributed by atoms with Crippen molar-refractivity contribution in [1.29, 1.82) is 0 Å². The van der Waals surface area contributed by atoms with E-state index in [0.29, 0.717) is 19.4 Å². The number of nitrogens with zero attached hydrogens (tertiary/aromatic N) is 1. The molecule has 0 radical (unpaired) electrons. The lowest BCUT2D eigenvalue weighted by molar-refractivity contribution is -0.148. The van der Waals surface area contributed by atoms with E-state index < -0.39 is 23.2 Å². The summed E-state index contributed by atoms with van der Waals surface area (Å²) in [6.45, 7) is 2.21. The molecule has 114 valence electrons. The van der Waals surface area contributed by atoms with Gasteiger partial charge in [0.1, 0.15) is 5.82 Å². The lowest BCUT2D eigenvalue weighted by atomic mass is 9.84. The van der Waals surface area contributed by atoms with Gasteiger partial charge in [0.15, 0.2) is 0 Å². The van der Waals surface area contributed by atoms with Crippen molar-refractivity contribution in [2.24, 2.45) is 5.41 Å². The van der Waals surface area contributed by atoms with Crippen LogP contribution in [0.1, 0.15) is 19.8 Å². The predicted molar refractivity (Wildman–Crippen MR) is 77.0 cm³/mol. The Morgan fingerprint density at radius 1 is 1.52 bits per heavy atom. The second-order valence-electron chi connectivity index (χ2n) is 5.14. The number of hydrogen-bond acceptors (Lipinski definition) is 2. The number of rotatable bonds is 3. The van der Waals surface area contributed by atoms with Gasteiger partial charge in [-0.25, -0.2) is 9.18 Å². The smallest absolute Gasteiger partial charge is 0.321 e. The Morgan fingerprint density at radius 3 is 2.76 bits per heavy atom. The van der Waals surface area contributed by atoms with Crippen LogP contribution in [0.15, 0.2) is 18.2 Å². The monoisotopic (exact) mass is 314 g/mol. The number of urea groups is 1. The summed E-state index contributed by atoms with van der Waals surface area (Å²) in [5.74, 6) is -1.54. The molecule has 21 heavy (non-hydrogen) atoms. The highest BCUT2D eigenvalue weighted by molar-refractivity contribution is 6.33. The average Bonchev–Trinajstić information content (AvgIpc) is 2.89. The number of nitrogens with one attached hydrogen (secondary N) is 1. The van der Waals surface area contributed by atoms with Crippen LogP contribution in [-0.4, -0.2) is 35.1 Å². The molecule has 2 N–H and O–H groups in total. The Hall–Kier alpha value is -1.82. The molecule has 0 saturated carbocycles. The van der Waals surface area contributed by atoms with Crippen molar-refractivity contribution < 1.29 is 19.1 Å². The molecule has 2 amide bonds. The van der Waals surface area contributed by atoms with E-state index in [1.54, 1.807) is 6.92 Å². The topological polar surface area (TPSA) is 69.6 Å². The van der Waals surface area contributed by atoms with Crippen LogP contribution < -0.4 is 5.32 Å². The summed E-state index contributed by atoms with van der Waals surface area (Å²) in [7, 11) is 0. The third-order valence-electron chi connectivity index (χ3n) is 3.97. The molecule has 1 aliphatic heterocycles. The van der Waals surface area contributed by atoms with E-state index in [0.717, 1.165) is 0 Å². The lowest BCUT2D eigenvalue weighted by Gasteiger charge is -2.23. The number of carbonyl (C=O) groups is 2. The number of benzene rings is 1. The molecular formula is C14H16ClFN2O3. The van der Waals surface area contributed by atoms with Crippen molar-refractivity contribution >= 4 is 29.3 Å². The van der Waals surface area contributed by atoms with Gasteiger partial charge in [-0.3, -0.25) is 4.79 Å². The van der Waals surface area contributed by atoms with Gasteiger partial charge in [0, 0.05) is 13.1 Å². The number of carboxylic acids is 1. The Balaban J connectivity index is 2.11. The fraction of sp³-hybridized carbons (Fsp3) is 0.429. The summed E-state index contributed by atoms with van der Waals surface area (Å²) in [6, 6.07) is 3.56. The van der Waals surface area contributed by atoms with Gasteiger partial charge in [0.05, 0.1) is 16.1 Å². The summed E-state index contributed by atoms with van der Waals surface area (Å²) in [4.78, 5) is 24.9. The van der Waals surface area contributed by atoms with E-state index in [9.17, 15) is 19.1 Å². The molecule has 1 heterocycles. The van der Waals surface area contributed by atoms with Crippen molar-refractivity contribution in [1.82, 2.24) is 4.90 Å². The number of halogens is 2. The fourth-order valence-corrected chi connectivity index (χ4v) is 2.67. The van der Waals surface area contributed by atoms with Gasteiger partial charge in [-0.15, -0.1) is 0 Å². The van der Waals surface area contributed by atoms with Gasteiger partial charge in [-0.1, -0.05) is 24.6 Å². The minimum absolute atomic E-state index is 0.0894. The largest absolute Gasteiger partial charge is 0.481 e. The van der Waals surface area contributed by atoms with Gasteiger partial charge < -0.3 is 15.3 Å². The Morgan fingerprint density at radius 2 is 2.24 bits per heavy atom. The normalized spacial score (nSPS) is 21.4. The molecule has 1 aromatic rings. The summed E-state index contributed by atoms with van der Waals surface area (Å²) in [6.07, 6.45) is 0.823. The summed E-state index contributed by atoms with van der Waals surface area (Å²) < 4.78 is 13.6. The van der Waals surface area contributed by atoms with Crippen molar-refractivity contribution in [2.45, 2.75) is 19.8 Å². The maximum Gasteiger partial charge on any atom is 0.321 e. The van der Waals surface area contributed by atoms with Crippen LogP contribution in [0.25, 0.3) is 0 Å². The SMILES string of the molecule is CCC1(C(=O)O)CCN(C(=O)Nc2c(F)cccc2Cl)C1. The molecule has 1 atom stereocenters. The number of carbonyl (C=O) groups excluding carboxylic acids is 1. The number of anilines is 1. The average molecular weight is 315 g/mol. The zero-order valence-corrected chi connectivity index (χ0v) is 12.3. The van der Waals surface area contributed by atoms with E-state index >= 15 is 0 Å². The van der Waals surface area contributed by atoms with Crippen molar-refractivity contribution in [3.05, 3.63) is 29.0 Å². The van der Waals surface area contributed by atoms with Crippen molar-refractivity contribution in [2.75, 3.05) is 18.4 Å². The highest BCUT2D eigenvalue weighted by atomic mass is 35.5. The first-order chi connectivity index (χ1) is 9.89. The Kier molecular flexibility index (Phi) is 4.37. The first kappa shape index (κ1) is 15.6. The molecule has 1 unspecified atom stereocenters. The number of para-hydroxylation sites is 1. The van der Waals surface area contributed by atoms with Crippen molar-refractivity contribution in [3.8, 4) is 0 Å². The highest BCUT2D eigenvalue weighted by Crippen LogP contribution is 2.35. The van der Waals surface area contributed by atoms with Gasteiger partial charge in [0.25, 0.3) is 0 Å². The van der Waals surface area contributed by atoms with Gasteiger partial charge in [-0.2, -0.15) is 0 Å². The Bertz CT molecular complexity index is 561. The molecule has 7 heteroatoms. The van der Waals surface area contributed by atoms with Crippen LogP contribution in [0, 0.1) is 11.2 Å². The van der Waals surface area contributed by atoms with Crippen LogP contribution in [0.2, 0.25) is 5.02 Å². The predicted octanol–water partition coefficient (Wildman–Crippen LogP) is 3.20. The first-order valence-electron chi connectivity index (χ1n) is 6.63. The van der Waals surface area contributed by atoms with E-state index in [-0.39, 0.29) is 17.3 Å². The standard InChI is InChI=1S/C14H16ClFN2O3/c1-2-14(12(19)20)6-7-18(8-14)13(21)17-11-9(15)4-3-5-10(11)16/h3-5H,2,6-8H2,1H3,(H,17,21)(H,19,20). The molecule has 2 rings (SSSR count). The minimum Gasteiger partial charge on any atom is -0.481 e. The third kappa shape index (κ3) is 2.95. The number of amides is 2. The molecule has 0 aromatic heterocycles. The highest BCUT2D eigenvalue weighted by Gasteiger charge is 2.44. The molecule has 5 nitrogen and oxygen atoms in total. The summed E-state index contributed by atoms with van der Waals surface area (Å²) >= 11 is 5.85. The van der Waals surface area contributed by atoms with Gasteiger partial charge in [0.2, 0.25) is 0 Å². The molecule has 1 saturated heterocycles. The lowest BCUT2D eigenvalue weighted by Crippen LogP contribution is -2.38.